The number of hydrogen-bond donors (Lipinski definition) is 0. The first-order valence-corrected chi connectivity index (χ1v) is 6.72. The van der Waals surface area contributed by atoms with Gasteiger partial charge in [-0.25, -0.2) is 0 Å². The van der Waals surface area contributed by atoms with Crippen molar-refractivity contribution in [1.29, 1.82) is 0 Å². The standard InChI is InChI=1S/C9H19O3P/c1-8-6-13(10-3,11-4,12-5)7-9(8)2/h6-7H2,1-5H3. The Morgan fingerprint density at radius 1 is 0.846 bits per heavy atom. The number of allylic oxidation sites excluding steroid dienone is 2. The topological polar surface area (TPSA) is 27.7 Å². The van der Waals surface area contributed by atoms with Crippen molar-refractivity contribution in [2.75, 3.05) is 33.7 Å². The Bertz CT molecular complexity index is 214. The molecule has 0 aromatic heterocycles. The molecule has 0 radical (unpaired) electrons. The van der Waals surface area contributed by atoms with Gasteiger partial charge in [0.1, 0.15) is 0 Å². The SMILES string of the molecule is COP1(OC)(OC)CC(C)=C(C)C1. The third-order valence-electron chi connectivity index (χ3n) is 3.04. The summed E-state index contributed by atoms with van der Waals surface area (Å²) in [5.74, 6) is 0. The van der Waals surface area contributed by atoms with Gasteiger partial charge in [0.25, 0.3) is 0 Å². The third kappa shape index (κ3) is 1.55. The van der Waals surface area contributed by atoms with Gasteiger partial charge in [0.05, 0.1) is 0 Å². The normalized spacial score (nSPS) is 28.5. The monoisotopic (exact) mass is 206 g/mol. The zero-order chi connectivity index (χ0) is 10.1. The van der Waals surface area contributed by atoms with Crippen molar-refractivity contribution in [3.63, 3.8) is 0 Å². The van der Waals surface area contributed by atoms with Crippen molar-refractivity contribution in [2.45, 2.75) is 13.8 Å². The van der Waals surface area contributed by atoms with Gasteiger partial charge in [0.2, 0.25) is 0 Å². The second-order valence-corrected chi connectivity index (χ2v) is 7.82. The number of hydrogen-bond acceptors (Lipinski definition) is 3. The molecule has 0 amide bonds. The van der Waals surface area contributed by atoms with Crippen molar-refractivity contribution >= 4 is 7.28 Å². The summed E-state index contributed by atoms with van der Waals surface area (Å²) < 4.78 is 16.7. The summed E-state index contributed by atoms with van der Waals surface area (Å²) in [5, 5.41) is 0. The fourth-order valence-electron chi connectivity index (χ4n) is 1.85. The van der Waals surface area contributed by atoms with Crippen LogP contribution in [-0.2, 0) is 13.6 Å². The fraction of sp³-hybridized carbons (Fsp3) is 0.778. The summed E-state index contributed by atoms with van der Waals surface area (Å²) in [5.41, 5.74) is 2.67. The Labute approximate surface area is 80.2 Å². The minimum atomic E-state index is -2.77. The molecule has 1 aliphatic heterocycles. The zero-order valence-electron chi connectivity index (χ0n) is 9.09. The van der Waals surface area contributed by atoms with Crippen LogP contribution in [0.3, 0.4) is 0 Å². The predicted molar refractivity (Wildman–Crippen MR) is 56.1 cm³/mol. The summed E-state index contributed by atoms with van der Waals surface area (Å²) in [7, 11) is 2.26. The summed E-state index contributed by atoms with van der Waals surface area (Å²) in [6.45, 7) is 4.22. The van der Waals surface area contributed by atoms with Crippen LogP contribution in [-0.4, -0.2) is 33.7 Å². The molecule has 0 saturated carbocycles. The van der Waals surface area contributed by atoms with E-state index in [1.807, 2.05) is 0 Å². The van der Waals surface area contributed by atoms with E-state index in [2.05, 4.69) is 13.8 Å². The summed E-state index contributed by atoms with van der Waals surface area (Å²) in [6.07, 6.45) is 1.61. The molecular weight excluding hydrogens is 187 g/mol. The van der Waals surface area contributed by atoms with Gasteiger partial charge in [-0.05, 0) is 0 Å². The number of rotatable bonds is 3. The van der Waals surface area contributed by atoms with E-state index in [1.54, 1.807) is 21.3 Å². The van der Waals surface area contributed by atoms with Gasteiger partial charge >= 0.3 is 79.5 Å². The zero-order valence-corrected chi connectivity index (χ0v) is 9.98. The Balaban J connectivity index is 3.00. The van der Waals surface area contributed by atoms with Gasteiger partial charge in [-0.15, -0.1) is 0 Å². The molecule has 78 valence electrons. The van der Waals surface area contributed by atoms with E-state index in [4.69, 9.17) is 13.6 Å². The van der Waals surface area contributed by atoms with E-state index in [9.17, 15) is 0 Å². The van der Waals surface area contributed by atoms with Crippen LogP contribution in [0, 0.1) is 0 Å². The van der Waals surface area contributed by atoms with Crippen molar-refractivity contribution in [2.24, 2.45) is 0 Å². The molecule has 0 aromatic rings. The Hall–Kier alpha value is 0.0500. The second-order valence-electron chi connectivity index (χ2n) is 3.65. The molecule has 1 aliphatic rings. The maximum absolute atomic E-state index is 5.57. The van der Waals surface area contributed by atoms with Gasteiger partial charge in [-0.2, -0.15) is 0 Å². The van der Waals surface area contributed by atoms with Crippen LogP contribution in [0.5, 0.6) is 0 Å². The molecule has 3 nitrogen and oxygen atoms in total. The van der Waals surface area contributed by atoms with E-state index in [-0.39, 0.29) is 0 Å². The van der Waals surface area contributed by atoms with Crippen molar-refractivity contribution < 1.29 is 13.6 Å². The molecule has 0 unspecified atom stereocenters. The molecule has 4 heteroatoms. The van der Waals surface area contributed by atoms with Crippen molar-refractivity contribution in [1.82, 2.24) is 0 Å². The Morgan fingerprint density at radius 3 is 1.31 bits per heavy atom. The van der Waals surface area contributed by atoms with E-state index < -0.39 is 7.28 Å². The van der Waals surface area contributed by atoms with Crippen LogP contribution in [0.4, 0.5) is 0 Å². The molecule has 0 spiro atoms. The Morgan fingerprint density at radius 2 is 1.15 bits per heavy atom. The summed E-state index contributed by atoms with van der Waals surface area (Å²) >= 11 is 0. The first-order valence-electron chi connectivity index (χ1n) is 4.36. The molecule has 13 heavy (non-hydrogen) atoms. The van der Waals surface area contributed by atoms with Crippen LogP contribution in [0.15, 0.2) is 11.1 Å². The molecule has 0 saturated heterocycles. The third-order valence-corrected chi connectivity index (χ3v) is 7.65. The first kappa shape index (κ1) is 11.1. The van der Waals surface area contributed by atoms with Gasteiger partial charge in [-0.1, -0.05) is 0 Å². The average molecular weight is 206 g/mol. The minimum absolute atomic E-state index is 0.806. The first-order chi connectivity index (χ1) is 6.01. The van der Waals surface area contributed by atoms with Gasteiger partial charge in [0.15, 0.2) is 0 Å². The summed E-state index contributed by atoms with van der Waals surface area (Å²) in [6, 6.07) is 0. The molecule has 0 bridgehead atoms. The fourth-order valence-corrected chi connectivity index (χ4v) is 5.56. The van der Waals surface area contributed by atoms with E-state index in [0.717, 1.165) is 12.3 Å². The molecule has 0 aromatic carbocycles. The average Bonchev–Trinajstić information content (AvgIpc) is 2.42. The predicted octanol–water partition coefficient (Wildman–Crippen LogP) is 2.57. The van der Waals surface area contributed by atoms with E-state index >= 15 is 0 Å². The summed E-state index contributed by atoms with van der Waals surface area (Å²) in [4.78, 5) is 0. The van der Waals surface area contributed by atoms with Gasteiger partial charge in [0, 0.05) is 0 Å². The molecule has 1 rings (SSSR count). The van der Waals surface area contributed by atoms with E-state index in [0.29, 0.717) is 0 Å². The van der Waals surface area contributed by atoms with Crippen LogP contribution >= 0.6 is 7.28 Å². The maximum atomic E-state index is 5.57. The molecule has 0 atom stereocenters. The van der Waals surface area contributed by atoms with Crippen molar-refractivity contribution in [3.8, 4) is 0 Å². The van der Waals surface area contributed by atoms with Crippen LogP contribution < -0.4 is 0 Å². The van der Waals surface area contributed by atoms with Crippen molar-refractivity contribution in [3.05, 3.63) is 11.1 Å². The quantitative estimate of drug-likeness (QED) is 0.524. The molecule has 0 fully saturated rings. The van der Waals surface area contributed by atoms with Gasteiger partial charge in [-0.3, -0.25) is 0 Å². The van der Waals surface area contributed by atoms with Crippen LogP contribution in [0.2, 0.25) is 0 Å². The molecular formula is C9H19O3P. The Kier molecular flexibility index (Phi) is 2.84. The van der Waals surface area contributed by atoms with E-state index in [1.165, 1.54) is 11.1 Å². The van der Waals surface area contributed by atoms with Gasteiger partial charge < -0.3 is 0 Å². The molecule has 0 N–H and O–H groups in total. The molecule has 1 heterocycles. The second kappa shape index (κ2) is 3.32. The molecule has 0 aliphatic carbocycles. The van der Waals surface area contributed by atoms with Crippen LogP contribution in [0.25, 0.3) is 0 Å². The van der Waals surface area contributed by atoms with Crippen LogP contribution in [0.1, 0.15) is 13.8 Å².